The second-order valence-corrected chi connectivity index (χ2v) is 6.75. The van der Waals surface area contributed by atoms with Gasteiger partial charge in [0.05, 0.1) is 6.54 Å². The van der Waals surface area contributed by atoms with E-state index in [1.807, 2.05) is 50.2 Å². The van der Waals surface area contributed by atoms with Crippen molar-refractivity contribution in [3.63, 3.8) is 0 Å². The molecule has 1 heterocycles. The normalized spacial score (nSPS) is 16.7. The summed E-state index contributed by atoms with van der Waals surface area (Å²) in [6.45, 7) is 6.26. The van der Waals surface area contributed by atoms with Crippen LogP contribution >= 0.6 is 11.6 Å². The smallest absolute Gasteiger partial charge is 0.260 e. The van der Waals surface area contributed by atoms with Crippen LogP contribution in [0.5, 0.6) is 17.2 Å². The number of carbonyl (C=O) groups excluding carboxylic acids is 1. The molecule has 1 amide bonds. The van der Waals surface area contributed by atoms with Crippen molar-refractivity contribution < 1.29 is 19.0 Å². The molecule has 2 atom stereocenters. The Hall–Kier alpha value is -2.40. The van der Waals surface area contributed by atoms with Crippen LogP contribution in [0.4, 0.5) is 0 Å². The molecule has 0 spiro atoms. The van der Waals surface area contributed by atoms with E-state index in [1.54, 1.807) is 6.92 Å². The number of ether oxygens (including phenoxy) is 3. The Morgan fingerprint density at radius 2 is 1.92 bits per heavy atom. The lowest BCUT2D eigenvalue weighted by Gasteiger charge is -2.27. The second kappa shape index (κ2) is 7.87. The third-order valence-corrected chi connectivity index (χ3v) is 4.76. The highest BCUT2D eigenvalue weighted by molar-refractivity contribution is 6.32. The van der Waals surface area contributed by atoms with Gasteiger partial charge in [-0.15, -0.1) is 0 Å². The molecule has 2 aromatic carbocycles. The lowest BCUT2D eigenvalue weighted by atomic mass is 10.1. The number of carbonyl (C=O) groups is 1. The van der Waals surface area contributed by atoms with E-state index in [4.69, 9.17) is 25.8 Å². The molecule has 0 fully saturated rings. The van der Waals surface area contributed by atoms with Crippen molar-refractivity contribution in [1.82, 2.24) is 5.32 Å². The number of para-hydroxylation sites is 2. The number of halogens is 1. The third-order valence-electron chi connectivity index (χ3n) is 4.16. The minimum absolute atomic E-state index is 0.210. The average Bonchev–Trinajstić information content (AvgIpc) is 2.63. The predicted molar refractivity (Wildman–Crippen MR) is 100 cm³/mol. The lowest BCUT2D eigenvalue weighted by molar-refractivity contribution is -0.127. The number of aryl methyl sites for hydroxylation is 2. The third kappa shape index (κ3) is 4.22. The van der Waals surface area contributed by atoms with E-state index in [-0.39, 0.29) is 12.0 Å². The molecule has 0 radical (unpaired) electrons. The van der Waals surface area contributed by atoms with Crippen LogP contribution in [-0.2, 0) is 4.79 Å². The number of benzene rings is 2. The molecule has 138 valence electrons. The zero-order valence-electron chi connectivity index (χ0n) is 15.0. The first-order valence-corrected chi connectivity index (χ1v) is 8.91. The summed E-state index contributed by atoms with van der Waals surface area (Å²) in [5, 5.41) is 3.56. The summed E-state index contributed by atoms with van der Waals surface area (Å²) in [6.07, 6.45) is -0.868. The average molecular weight is 376 g/mol. The highest BCUT2D eigenvalue weighted by Gasteiger charge is 2.23. The molecule has 0 unspecified atom stereocenters. The van der Waals surface area contributed by atoms with Crippen molar-refractivity contribution in [2.45, 2.75) is 33.0 Å². The molecule has 3 rings (SSSR count). The minimum atomic E-state index is -0.633. The van der Waals surface area contributed by atoms with E-state index in [9.17, 15) is 4.79 Å². The van der Waals surface area contributed by atoms with Gasteiger partial charge in [0.15, 0.2) is 17.6 Å². The Bertz CT molecular complexity index is 785. The summed E-state index contributed by atoms with van der Waals surface area (Å²) in [4.78, 5) is 12.3. The van der Waals surface area contributed by atoms with Crippen LogP contribution < -0.4 is 19.5 Å². The number of rotatable bonds is 5. The van der Waals surface area contributed by atoms with Crippen LogP contribution in [0, 0.1) is 13.8 Å². The molecule has 1 aliphatic heterocycles. The number of hydrogen-bond acceptors (Lipinski definition) is 4. The van der Waals surface area contributed by atoms with Gasteiger partial charge in [-0.2, -0.15) is 0 Å². The summed E-state index contributed by atoms with van der Waals surface area (Å²) >= 11 is 6.16. The van der Waals surface area contributed by atoms with Gasteiger partial charge in [0.1, 0.15) is 18.5 Å². The van der Waals surface area contributed by atoms with Crippen molar-refractivity contribution >= 4 is 17.5 Å². The summed E-state index contributed by atoms with van der Waals surface area (Å²) in [5.74, 6) is 1.82. The Kier molecular flexibility index (Phi) is 5.57. The van der Waals surface area contributed by atoms with Crippen LogP contribution in [-0.4, -0.2) is 31.3 Å². The number of nitrogens with one attached hydrogen (secondary N) is 1. The number of fused-ring (bicyclic) bond motifs is 1. The van der Waals surface area contributed by atoms with Crippen molar-refractivity contribution in [2.75, 3.05) is 13.2 Å². The molecular weight excluding hydrogens is 354 g/mol. The fourth-order valence-corrected chi connectivity index (χ4v) is 2.86. The van der Waals surface area contributed by atoms with Gasteiger partial charge in [0.25, 0.3) is 5.91 Å². The minimum Gasteiger partial charge on any atom is -0.486 e. The molecular formula is C20H22ClNO4. The van der Waals surface area contributed by atoms with Gasteiger partial charge < -0.3 is 19.5 Å². The maximum absolute atomic E-state index is 12.3. The van der Waals surface area contributed by atoms with Gasteiger partial charge in [0.2, 0.25) is 0 Å². The van der Waals surface area contributed by atoms with Gasteiger partial charge in [0, 0.05) is 5.02 Å². The van der Waals surface area contributed by atoms with Gasteiger partial charge in [-0.05, 0) is 56.2 Å². The first-order valence-electron chi connectivity index (χ1n) is 8.53. The topological polar surface area (TPSA) is 56.8 Å². The fraction of sp³-hybridized carbons (Fsp3) is 0.350. The van der Waals surface area contributed by atoms with Gasteiger partial charge in [-0.1, -0.05) is 23.7 Å². The molecule has 0 saturated heterocycles. The monoisotopic (exact) mass is 375 g/mol. The molecule has 2 aromatic rings. The van der Waals surface area contributed by atoms with Crippen molar-refractivity contribution in [3.05, 3.63) is 52.5 Å². The molecule has 26 heavy (non-hydrogen) atoms. The first kappa shape index (κ1) is 18.4. The zero-order valence-corrected chi connectivity index (χ0v) is 15.8. The summed E-state index contributed by atoms with van der Waals surface area (Å²) < 4.78 is 17.2. The van der Waals surface area contributed by atoms with E-state index in [1.165, 1.54) is 0 Å². The van der Waals surface area contributed by atoms with Gasteiger partial charge >= 0.3 is 0 Å². The van der Waals surface area contributed by atoms with Crippen molar-refractivity contribution in [1.29, 1.82) is 0 Å². The standard InChI is InChI=1S/C20H22ClNO4/c1-12-8-15(9-13(2)19(12)21)25-14(3)20(23)22-10-16-11-24-17-6-4-5-7-18(17)26-16/h4-9,14,16H,10-11H2,1-3H3,(H,22,23)/t14-,16-/m1/s1. The Morgan fingerprint density at radius 3 is 2.62 bits per heavy atom. The van der Waals surface area contributed by atoms with Crippen LogP contribution in [0.1, 0.15) is 18.1 Å². The second-order valence-electron chi connectivity index (χ2n) is 6.37. The van der Waals surface area contributed by atoms with Crippen LogP contribution in [0.25, 0.3) is 0 Å². The van der Waals surface area contributed by atoms with Crippen LogP contribution in [0.15, 0.2) is 36.4 Å². The SMILES string of the molecule is Cc1cc(O[C@H](C)C(=O)NC[C@@H]2COc3ccccc3O2)cc(C)c1Cl. The highest BCUT2D eigenvalue weighted by Crippen LogP contribution is 2.30. The quantitative estimate of drug-likeness (QED) is 0.866. The summed E-state index contributed by atoms with van der Waals surface area (Å²) in [6, 6.07) is 11.1. The molecule has 0 aromatic heterocycles. The van der Waals surface area contributed by atoms with Crippen molar-refractivity contribution in [3.8, 4) is 17.2 Å². The summed E-state index contributed by atoms with van der Waals surface area (Å²) in [5.41, 5.74) is 1.83. The zero-order chi connectivity index (χ0) is 18.7. The van der Waals surface area contributed by atoms with Gasteiger partial charge in [-0.3, -0.25) is 4.79 Å². The maximum Gasteiger partial charge on any atom is 0.260 e. The van der Waals surface area contributed by atoms with Crippen LogP contribution in [0.2, 0.25) is 5.02 Å². The first-order chi connectivity index (χ1) is 12.4. The fourth-order valence-electron chi connectivity index (χ4n) is 2.75. The largest absolute Gasteiger partial charge is 0.486 e. The Balaban J connectivity index is 1.52. The molecule has 6 heteroatoms. The Labute approximate surface area is 158 Å². The van der Waals surface area contributed by atoms with E-state index in [0.29, 0.717) is 29.7 Å². The predicted octanol–water partition coefficient (Wildman–Crippen LogP) is 3.68. The molecule has 0 aliphatic carbocycles. The van der Waals surface area contributed by atoms with Crippen molar-refractivity contribution in [2.24, 2.45) is 0 Å². The van der Waals surface area contributed by atoms with Crippen LogP contribution in [0.3, 0.4) is 0 Å². The van der Waals surface area contributed by atoms with E-state index in [0.717, 1.165) is 16.9 Å². The number of hydrogen-bond donors (Lipinski definition) is 1. The molecule has 0 saturated carbocycles. The van der Waals surface area contributed by atoms with E-state index < -0.39 is 6.10 Å². The maximum atomic E-state index is 12.3. The Morgan fingerprint density at radius 1 is 1.27 bits per heavy atom. The number of amides is 1. The lowest BCUT2D eigenvalue weighted by Crippen LogP contribution is -2.44. The van der Waals surface area contributed by atoms with Gasteiger partial charge in [-0.25, -0.2) is 0 Å². The molecule has 0 bridgehead atoms. The molecule has 1 aliphatic rings. The molecule has 5 nitrogen and oxygen atoms in total. The van der Waals surface area contributed by atoms with E-state index in [2.05, 4.69) is 5.32 Å². The highest BCUT2D eigenvalue weighted by atomic mass is 35.5. The van der Waals surface area contributed by atoms with E-state index >= 15 is 0 Å². The molecule has 1 N–H and O–H groups in total. The summed E-state index contributed by atoms with van der Waals surface area (Å²) in [7, 11) is 0.